The maximum atomic E-state index is 13.5. The number of carbonyl (C=O) groups excluding carboxylic acids is 2. The van der Waals surface area contributed by atoms with E-state index in [1.165, 1.54) is 29.2 Å². The van der Waals surface area contributed by atoms with Crippen molar-refractivity contribution in [3.05, 3.63) is 64.9 Å². The summed E-state index contributed by atoms with van der Waals surface area (Å²) in [5, 5.41) is 19.6. The number of anilines is 1. The lowest BCUT2D eigenvalue weighted by atomic mass is 10.1. The molecule has 9 heteroatoms. The number of allylic oxidation sites excluding steroid dienone is 5. The second-order valence-electron chi connectivity index (χ2n) is 6.82. The Morgan fingerprint density at radius 2 is 1.93 bits per heavy atom. The predicted octanol–water partition coefficient (Wildman–Crippen LogP) is 4.07. The number of hydrogen-bond acceptors (Lipinski definition) is 4. The van der Waals surface area contributed by atoms with Gasteiger partial charge in [0, 0.05) is 29.9 Å². The highest BCUT2D eigenvalue weighted by atomic mass is 19.4. The van der Waals surface area contributed by atoms with E-state index in [1.807, 2.05) is 0 Å². The number of hydrogen-bond donors (Lipinski definition) is 1. The van der Waals surface area contributed by atoms with Crippen LogP contribution in [0.3, 0.4) is 0 Å². The van der Waals surface area contributed by atoms with Gasteiger partial charge in [-0.25, -0.2) is 4.79 Å². The lowest BCUT2D eigenvalue weighted by molar-refractivity contribution is -0.0888. The maximum Gasteiger partial charge on any atom is 0.417 e. The van der Waals surface area contributed by atoms with E-state index >= 15 is 0 Å². The van der Waals surface area contributed by atoms with Gasteiger partial charge in [-0.15, -0.1) is 0 Å². The third-order valence-corrected chi connectivity index (χ3v) is 4.87. The van der Waals surface area contributed by atoms with Crippen LogP contribution in [0.25, 0.3) is 0 Å². The van der Waals surface area contributed by atoms with Crippen LogP contribution in [0.2, 0.25) is 0 Å². The van der Waals surface area contributed by atoms with Crippen molar-refractivity contribution in [3.63, 3.8) is 0 Å². The zero-order valence-electron chi connectivity index (χ0n) is 15.8. The highest BCUT2D eigenvalue weighted by molar-refractivity contribution is 5.94. The first-order valence-corrected chi connectivity index (χ1v) is 9.19. The summed E-state index contributed by atoms with van der Waals surface area (Å²) in [7, 11) is 0. The molecule has 2 aliphatic rings. The number of rotatable bonds is 3. The Kier molecular flexibility index (Phi) is 6.08. The minimum absolute atomic E-state index is 0.0577. The van der Waals surface area contributed by atoms with Gasteiger partial charge in [0.05, 0.1) is 17.2 Å². The molecule has 1 aromatic rings. The smallest absolute Gasteiger partial charge is 0.373 e. The topological polar surface area (TPSA) is 84.6 Å². The molecule has 1 saturated heterocycles. The molecule has 0 radical (unpaired) electrons. The van der Waals surface area contributed by atoms with Gasteiger partial charge in [0.25, 0.3) is 0 Å². The molecule has 1 heterocycles. The molecule has 156 valence electrons. The van der Waals surface area contributed by atoms with E-state index in [4.69, 9.17) is 5.26 Å². The lowest BCUT2D eigenvalue weighted by Gasteiger charge is -2.32. The minimum Gasteiger partial charge on any atom is -0.373 e. The van der Waals surface area contributed by atoms with Gasteiger partial charge in [-0.2, -0.15) is 18.4 Å². The molecule has 1 aromatic carbocycles. The number of alkyl halides is 3. The van der Waals surface area contributed by atoms with Crippen LogP contribution >= 0.6 is 0 Å². The van der Waals surface area contributed by atoms with Gasteiger partial charge in [-0.05, 0) is 49.3 Å². The van der Waals surface area contributed by atoms with Gasteiger partial charge in [0.2, 0.25) is 0 Å². The monoisotopic (exact) mass is 417 g/mol. The second kappa shape index (κ2) is 8.55. The van der Waals surface area contributed by atoms with Crippen molar-refractivity contribution in [2.45, 2.75) is 31.7 Å². The molecular weight excluding hydrogens is 399 g/mol. The standard InChI is InChI=1S/C21H18F3N3O3/c22-21(23,24)18-11-17(4-1-3-15(18)12-25)27-19(29)5-2-10-26(20(27)30)16-8-6-14(13-28)7-9-16/h1,3,6-9,11,13,19,29H,2,4-5,10H2. The highest BCUT2D eigenvalue weighted by Crippen LogP contribution is 2.35. The summed E-state index contributed by atoms with van der Waals surface area (Å²) in [4.78, 5) is 26.4. The van der Waals surface area contributed by atoms with Crippen LogP contribution in [0.15, 0.2) is 59.3 Å². The number of halogens is 3. The Bertz CT molecular complexity index is 972. The number of aliphatic hydroxyl groups excluding tert-OH is 1. The molecule has 0 saturated carbocycles. The molecule has 1 unspecified atom stereocenters. The number of amides is 2. The molecule has 3 rings (SSSR count). The van der Waals surface area contributed by atoms with Crippen molar-refractivity contribution in [2.75, 3.05) is 11.4 Å². The van der Waals surface area contributed by atoms with Crippen molar-refractivity contribution < 1.29 is 27.9 Å². The number of aliphatic hydroxyl groups is 1. The van der Waals surface area contributed by atoms with Crippen LogP contribution < -0.4 is 4.90 Å². The zero-order valence-corrected chi connectivity index (χ0v) is 15.8. The first-order chi connectivity index (χ1) is 14.3. The first-order valence-electron chi connectivity index (χ1n) is 9.19. The van der Waals surface area contributed by atoms with Gasteiger partial charge >= 0.3 is 12.2 Å². The molecule has 6 nitrogen and oxygen atoms in total. The molecule has 30 heavy (non-hydrogen) atoms. The van der Waals surface area contributed by atoms with E-state index in [1.54, 1.807) is 12.1 Å². The van der Waals surface area contributed by atoms with E-state index in [-0.39, 0.29) is 25.1 Å². The Hall–Kier alpha value is -3.38. The lowest BCUT2D eigenvalue weighted by Crippen LogP contribution is -2.45. The van der Waals surface area contributed by atoms with Gasteiger partial charge in [-0.3, -0.25) is 14.6 Å². The summed E-state index contributed by atoms with van der Waals surface area (Å²) in [6.45, 7) is 0.251. The number of aldehydes is 1. The Morgan fingerprint density at radius 1 is 1.23 bits per heavy atom. The fraction of sp³-hybridized carbons (Fsp3) is 0.286. The molecule has 1 fully saturated rings. The summed E-state index contributed by atoms with van der Waals surface area (Å²) in [6.07, 6.45) is -1.74. The number of carbonyl (C=O) groups is 2. The molecule has 2 amide bonds. The van der Waals surface area contributed by atoms with Crippen molar-refractivity contribution in [1.29, 1.82) is 5.26 Å². The molecule has 1 N–H and O–H groups in total. The Balaban J connectivity index is 2.03. The summed E-state index contributed by atoms with van der Waals surface area (Å²) < 4.78 is 40.5. The SMILES string of the molecule is N#CC1=C(C(F)(F)F)C=C(N2C(=O)N(c3ccc(C=O)cc3)CCCC2O)CC=C1. The largest absolute Gasteiger partial charge is 0.417 e. The van der Waals surface area contributed by atoms with Gasteiger partial charge in [-0.1, -0.05) is 6.08 Å². The first kappa shape index (κ1) is 21.3. The fourth-order valence-corrected chi connectivity index (χ4v) is 3.39. The number of nitrogens with zero attached hydrogens (tertiary/aromatic N) is 3. The number of benzene rings is 1. The molecule has 1 atom stereocenters. The van der Waals surface area contributed by atoms with Crippen molar-refractivity contribution in [2.24, 2.45) is 0 Å². The van der Waals surface area contributed by atoms with E-state index in [2.05, 4.69) is 0 Å². The summed E-state index contributed by atoms with van der Waals surface area (Å²) in [6, 6.07) is 7.03. The van der Waals surface area contributed by atoms with E-state index < -0.39 is 29.6 Å². The van der Waals surface area contributed by atoms with E-state index in [0.29, 0.717) is 24.0 Å². The Morgan fingerprint density at radius 3 is 2.53 bits per heavy atom. The van der Waals surface area contributed by atoms with Gasteiger partial charge < -0.3 is 5.11 Å². The third-order valence-electron chi connectivity index (χ3n) is 4.87. The van der Waals surface area contributed by atoms with Crippen LogP contribution in [-0.2, 0) is 0 Å². The highest BCUT2D eigenvalue weighted by Gasteiger charge is 2.38. The summed E-state index contributed by atoms with van der Waals surface area (Å²) in [5.41, 5.74) is -0.912. The van der Waals surface area contributed by atoms with E-state index in [9.17, 15) is 27.9 Å². The predicted molar refractivity (Wildman–Crippen MR) is 102 cm³/mol. The molecule has 0 bridgehead atoms. The maximum absolute atomic E-state index is 13.5. The van der Waals surface area contributed by atoms with Crippen molar-refractivity contribution in [3.8, 4) is 6.07 Å². The minimum atomic E-state index is -4.80. The normalized spacial score (nSPS) is 20.4. The Labute approximate surface area is 170 Å². The van der Waals surface area contributed by atoms with E-state index in [0.717, 1.165) is 17.1 Å². The summed E-state index contributed by atoms with van der Waals surface area (Å²) >= 11 is 0. The van der Waals surface area contributed by atoms with Crippen molar-refractivity contribution in [1.82, 2.24) is 4.90 Å². The molecular formula is C21H18F3N3O3. The van der Waals surface area contributed by atoms with Crippen LogP contribution in [0.1, 0.15) is 29.6 Å². The van der Waals surface area contributed by atoms with Gasteiger partial charge in [0.1, 0.15) is 12.5 Å². The molecule has 0 spiro atoms. The quantitative estimate of drug-likeness (QED) is 0.752. The molecule has 1 aliphatic carbocycles. The van der Waals surface area contributed by atoms with Crippen LogP contribution in [0.4, 0.5) is 23.7 Å². The summed E-state index contributed by atoms with van der Waals surface area (Å²) in [5.74, 6) is 0. The zero-order chi connectivity index (χ0) is 21.9. The van der Waals surface area contributed by atoms with Gasteiger partial charge in [0.15, 0.2) is 0 Å². The molecule has 0 aromatic heterocycles. The number of urea groups is 1. The molecule has 1 aliphatic heterocycles. The average Bonchev–Trinajstić information content (AvgIpc) is 3.01. The second-order valence-corrected chi connectivity index (χ2v) is 6.82. The van der Waals surface area contributed by atoms with Crippen LogP contribution in [-0.4, -0.2) is 41.3 Å². The average molecular weight is 417 g/mol. The fourth-order valence-electron chi connectivity index (χ4n) is 3.39. The van der Waals surface area contributed by atoms with Crippen molar-refractivity contribution >= 4 is 18.0 Å². The van der Waals surface area contributed by atoms with Crippen LogP contribution in [0.5, 0.6) is 0 Å². The number of nitriles is 1. The van der Waals surface area contributed by atoms with Crippen LogP contribution in [0, 0.1) is 11.3 Å². The third kappa shape index (κ3) is 4.28.